The molecule has 4 saturated carbocycles. The van der Waals surface area contributed by atoms with Crippen LogP contribution in [0.2, 0.25) is 0 Å². The first kappa shape index (κ1) is 29.2. The molecular formula is C32H37FN4O6S. The predicted molar refractivity (Wildman–Crippen MR) is 161 cm³/mol. The fraction of sp³-hybridized carbons (Fsp3) is 0.531. The normalized spacial score (nSPS) is 32.0. The average Bonchev–Trinajstić information content (AvgIpc) is 3.63. The van der Waals surface area contributed by atoms with Gasteiger partial charge in [0.1, 0.15) is 5.82 Å². The summed E-state index contributed by atoms with van der Waals surface area (Å²) in [6.45, 7) is 1.03. The number of fused-ring (bicyclic) bond motifs is 6. The molecule has 3 atom stereocenters. The van der Waals surface area contributed by atoms with Gasteiger partial charge in [0.2, 0.25) is 5.91 Å². The van der Waals surface area contributed by atoms with Crippen LogP contribution in [0.1, 0.15) is 73.7 Å². The number of sulfone groups is 1. The van der Waals surface area contributed by atoms with Gasteiger partial charge < -0.3 is 26.0 Å². The minimum absolute atomic E-state index is 0.00468. The van der Waals surface area contributed by atoms with Crippen LogP contribution in [0.5, 0.6) is 0 Å². The van der Waals surface area contributed by atoms with E-state index >= 15 is 4.39 Å². The maximum atomic E-state index is 15.5. The fourth-order valence-electron chi connectivity index (χ4n) is 8.28. The molecule has 2 amide bonds. The largest absolute Gasteiger partial charge is 0.481 e. The van der Waals surface area contributed by atoms with Crippen LogP contribution in [-0.2, 0) is 26.0 Å². The quantitative estimate of drug-likeness (QED) is 0.443. The number of carboxylic acids is 1. The van der Waals surface area contributed by atoms with Crippen LogP contribution < -0.4 is 20.9 Å². The number of hydrogen-bond acceptors (Lipinski definition) is 7. The number of hydrogen-bond donors (Lipinski definition) is 3. The molecule has 4 N–H and O–H groups in total. The van der Waals surface area contributed by atoms with Crippen molar-refractivity contribution in [2.75, 3.05) is 22.1 Å². The van der Waals surface area contributed by atoms with Crippen LogP contribution in [0.15, 0.2) is 41.3 Å². The van der Waals surface area contributed by atoms with Crippen molar-refractivity contribution in [1.82, 2.24) is 5.32 Å². The Morgan fingerprint density at radius 3 is 2.32 bits per heavy atom. The summed E-state index contributed by atoms with van der Waals surface area (Å²) in [5.74, 6) is -3.14. The molecule has 1 saturated heterocycles. The predicted octanol–water partition coefficient (Wildman–Crippen LogP) is 3.37. The number of halogens is 1. The molecule has 4 bridgehead atoms. The van der Waals surface area contributed by atoms with E-state index in [0.29, 0.717) is 44.6 Å². The Kier molecular flexibility index (Phi) is 6.82. The van der Waals surface area contributed by atoms with Gasteiger partial charge in [-0.2, -0.15) is 0 Å². The maximum absolute atomic E-state index is 15.5. The molecule has 234 valence electrons. The molecule has 5 fully saturated rings. The fourth-order valence-corrected chi connectivity index (χ4v) is 9.84. The molecule has 0 aromatic heterocycles. The van der Waals surface area contributed by atoms with Crippen molar-refractivity contribution in [2.45, 2.75) is 86.9 Å². The topological polar surface area (TPSA) is 150 Å². The molecule has 2 aliphatic heterocycles. The average molecular weight is 625 g/mol. The number of carboxylic acid groups (broad SMARTS) is 1. The van der Waals surface area contributed by atoms with Crippen molar-refractivity contribution in [3.8, 4) is 0 Å². The first-order chi connectivity index (χ1) is 20.9. The van der Waals surface area contributed by atoms with Gasteiger partial charge >= 0.3 is 5.97 Å². The summed E-state index contributed by atoms with van der Waals surface area (Å²) >= 11 is 0. The molecule has 10 nitrogen and oxygen atoms in total. The van der Waals surface area contributed by atoms with Gasteiger partial charge in [-0.25, -0.2) is 12.8 Å². The Labute approximate surface area is 255 Å². The Hall–Kier alpha value is -3.51. The zero-order valence-electron chi connectivity index (χ0n) is 24.4. The highest BCUT2D eigenvalue weighted by atomic mass is 32.2. The van der Waals surface area contributed by atoms with Crippen LogP contribution in [0.3, 0.4) is 0 Å². The minimum atomic E-state index is -4.15. The lowest BCUT2D eigenvalue weighted by atomic mass is 9.57. The summed E-state index contributed by atoms with van der Waals surface area (Å²) < 4.78 is 42.0. The van der Waals surface area contributed by atoms with Crippen LogP contribution in [0, 0.1) is 17.2 Å². The number of carbonyl (C=O) groups excluding carboxylic acids is 2. The van der Waals surface area contributed by atoms with Gasteiger partial charge in [-0.3, -0.25) is 14.4 Å². The van der Waals surface area contributed by atoms with Crippen molar-refractivity contribution >= 4 is 39.0 Å². The SMILES string of the molecule is N[C@H]1CS(=O)(=O)c2cc(F)c(C(=O)NC34CCC(C(=O)O)(CC3)CC4)cc2N(Cc2ccc(N3C[C@@H]4CC[C@H]3C4)cc2)C1=O. The van der Waals surface area contributed by atoms with Crippen LogP contribution in [0.4, 0.5) is 15.8 Å². The van der Waals surface area contributed by atoms with Gasteiger partial charge in [-0.05, 0) is 93.5 Å². The second-order valence-electron chi connectivity index (χ2n) is 13.6. The van der Waals surface area contributed by atoms with Crippen LogP contribution in [0.25, 0.3) is 0 Å². The second-order valence-corrected chi connectivity index (χ2v) is 15.6. The van der Waals surface area contributed by atoms with E-state index in [9.17, 15) is 27.9 Å². The van der Waals surface area contributed by atoms with Crippen LogP contribution >= 0.6 is 0 Å². The Balaban J connectivity index is 1.18. The van der Waals surface area contributed by atoms with E-state index in [1.165, 1.54) is 24.2 Å². The van der Waals surface area contributed by atoms with Crippen molar-refractivity contribution in [3.63, 3.8) is 0 Å². The number of carbonyl (C=O) groups is 3. The molecule has 6 aliphatic rings. The first-order valence-corrected chi connectivity index (χ1v) is 17.1. The Morgan fingerprint density at radius 1 is 1.05 bits per heavy atom. The number of anilines is 2. The van der Waals surface area contributed by atoms with E-state index in [1.807, 2.05) is 24.3 Å². The Bertz CT molecular complexity index is 1640. The molecule has 2 aromatic carbocycles. The van der Waals surface area contributed by atoms with Gasteiger partial charge in [0.05, 0.1) is 39.9 Å². The third-order valence-electron chi connectivity index (χ3n) is 11.0. The zero-order valence-corrected chi connectivity index (χ0v) is 25.2. The lowest BCUT2D eigenvalue weighted by molar-refractivity contribution is -0.156. The van der Waals surface area contributed by atoms with E-state index in [0.717, 1.165) is 35.8 Å². The van der Waals surface area contributed by atoms with E-state index in [1.54, 1.807) is 0 Å². The summed E-state index contributed by atoms with van der Waals surface area (Å²) in [5, 5.41) is 12.6. The number of aliphatic carboxylic acids is 1. The molecule has 0 radical (unpaired) electrons. The standard InChI is InChI=1S/C32H37FN4O6S/c33-24-15-27-26(14-23(24)28(38)35-32-10-7-31(8-11-32,9-12-32)30(40)41)37(29(39)25(34)18-44(27,42)43)16-19-1-4-21(5-2-19)36-17-20-3-6-22(36)13-20/h1-2,4-5,14-15,20,22,25H,3,6-13,16-18,34H2,(H,35,38)(H,40,41)/t20-,22+,25+,31?,32?/m1/s1. The smallest absolute Gasteiger partial charge is 0.309 e. The lowest BCUT2D eigenvalue weighted by Gasteiger charge is -2.51. The van der Waals surface area contributed by atoms with Crippen molar-refractivity contribution in [2.24, 2.45) is 17.1 Å². The highest BCUT2D eigenvalue weighted by Gasteiger charge is 2.53. The van der Waals surface area contributed by atoms with E-state index < -0.39 is 56.2 Å². The van der Waals surface area contributed by atoms with Crippen LogP contribution in [-0.4, -0.2) is 61.2 Å². The zero-order chi connectivity index (χ0) is 31.0. The van der Waals surface area contributed by atoms with E-state index in [2.05, 4.69) is 10.2 Å². The number of nitrogens with zero attached hydrogens (tertiary/aromatic N) is 2. The van der Waals surface area contributed by atoms with Gasteiger partial charge in [0.25, 0.3) is 5.91 Å². The second kappa shape index (κ2) is 10.3. The van der Waals surface area contributed by atoms with E-state index in [4.69, 9.17) is 5.73 Å². The van der Waals surface area contributed by atoms with Crippen molar-refractivity contribution in [1.29, 1.82) is 0 Å². The number of amides is 2. The summed E-state index contributed by atoms with van der Waals surface area (Å²) in [4.78, 5) is 42.2. The Morgan fingerprint density at radius 2 is 1.73 bits per heavy atom. The first-order valence-electron chi connectivity index (χ1n) is 15.4. The summed E-state index contributed by atoms with van der Waals surface area (Å²) in [7, 11) is -4.15. The third kappa shape index (κ3) is 4.77. The van der Waals surface area contributed by atoms with Crippen molar-refractivity contribution in [3.05, 3.63) is 53.3 Å². The van der Waals surface area contributed by atoms with Gasteiger partial charge in [-0.1, -0.05) is 12.1 Å². The van der Waals surface area contributed by atoms with E-state index in [-0.39, 0.29) is 22.7 Å². The number of nitrogens with one attached hydrogen (secondary N) is 1. The number of benzene rings is 2. The summed E-state index contributed by atoms with van der Waals surface area (Å²) in [6, 6.07) is 8.97. The highest BCUT2D eigenvalue weighted by Crippen LogP contribution is 2.52. The monoisotopic (exact) mass is 624 g/mol. The molecular weight excluding hydrogens is 587 g/mol. The molecule has 2 aromatic rings. The molecule has 0 unspecified atom stereocenters. The lowest BCUT2D eigenvalue weighted by Crippen LogP contribution is -2.58. The van der Waals surface area contributed by atoms with Gasteiger partial charge in [0.15, 0.2) is 9.84 Å². The molecule has 12 heteroatoms. The molecule has 44 heavy (non-hydrogen) atoms. The molecule has 8 rings (SSSR count). The molecule has 0 spiro atoms. The maximum Gasteiger partial charge on any atom is 0.309 e. The number of piperidine rings is 1. The summed E-state index contributed by atoms with van der Waals surface area (Å²) in [6.07, 6.45) is 6.31. The summed E-state index contributed by atoms with van der Waals surface area (Å²) in [5.41, 5.74) is 6.02. The third-order valence-corrected chi connectivity index (χ3v) is 12.8. The number of rotatable bonds is 6. The van der Waals surface area contributed by atoms with Gasteiger partial charge in [0, 0.05) is 23.8 Å². The van der Waals surface area contributed by atoms with Crippen molar-refractivity contribution < 1.29 is 32.3 Å². The van der Waals surface area contributed by atoms with Gasteiger partial charge in [-0.15, -0.1) is 0 Å². The minimum Gasteiger partial charge on any atom is -0.481 e. The number of nitrogens with two attached hydrogens (primary N) is 1. The highest BCUT2D eigenvalue weighted by molar-refractivity contribution is 7.91. The molecule has 4 aliphatic carbocycles. The molecule has 2 heterocycles.